The zero-order chi connectivity index (χ0) is 28.3. The standard InChI is InChI=1S/C30H28N8O3/c31-16-18-9-11-33-24(14-18)36-30(40)20-5-3-19(4-6-20)26-27-28(32)34-17-23-2-1-12-41-13-10-25(39)35-22-8-7-21(15-22)29(37-26)38(23)27/h1-6,9,11,14,17,21-22H,7-8,10,12-13,15H2,(H2,32,34)(H,35,39)(H,33,36,40)/b2-1+/t21-,22-/m1/s1. The van der Waals surface area contributed by atoms with Crippen LogP contribution in [0.2, 0.25) is 0 Å². The van der Waals surface area contributed by atoms with Gasteiger partial charge in [-0.05, 0) is 49.6 Å². The molecule has 2 aliphatic rings. The summed E-state index contributed by atoms with van der Waals surface area (Å²) in [5.41, 5.74) is 10.3. The molecule has 0 saturated heterocycles. The number of anilines is 2. The Labute approximate surface area is 236 Å². The van der Waals surface area contributed by atoms with Crippen molar-refractivity contribution in [3.8, 4) is 17.3 Å². The Morgan fingerprint density at radius 1 is 1.20 bits per heavy atom. The number of fused-ring (bicyclic) bond motifs is 3. The van der Waals surface area contributed by atoms with Gasteiger partial charge in [-0.1, -0.05) is 18.2 Å². The quantitative estimate of drug-likeness (QED) is 0.349. The van der Waals surface area contributed by atoms with Crippen molar-refractivity contribution in [2.75, 3.05) is 24.3 Å². The molecule has 0 unspecified atom stereocenters. The van der Waals surface area contributed by atoms with E-state index < -0.39 is 0 Å². The largest absolute Gasteiger partial charge is 0.382 e. The molecule has 1 fully saturated rings. The number of hydrogen-bond donors (Lipinski definition) is 3. The van der Waals surface area contributed by atoms with Crippen LogP contribution in [0, 0.1) is 11.3 Å². The van der Waals surface area contributed by atoms with Crippen LogP contribution in [0.5, 0.6) is 0 Å². The number of aromatic nitrogens is 4. The van der Waals surface area contributed by atoms with Crippen molar-refractivity contribution in [3.05, 3.63) is 77.5 Å². The van der Waals surface area contributed by atoms with Crippen molar-refractivity contribution in [2.24, 2.45) is 0 Å². The number of benzene rings is 1. The second kappa shape index (κ2) is 11.2. The van der Waals surface area contributed by atoms with E-state index in [1.165, 1.54) is 12.3 Å². The highest BCUT2D eigenvalue weighted by molar-refractivity contribution is 6.04. The molecule has 4 heterocycles. The predicted molar refractivity (Wildman–Crippen MR) is 153 cm³/mol. The number of pyridine rings is 1. The van der Waals surface area contributed by atoms with Gasteiger partial charge in [-0.3, -0.25) is 14.0 Å². The molecule has 0 radical (unpaired) electrons. The molecule has 4 N–H and O–H groups in total. The van der Waals surface area contributed by atoms with Gasteiger partial charge in [-0.15, -0.1) is 0 Å². The highest BCUT2D eigenvalue weighted by atomic mass is 16.5. The van der Waals surface area contributed by atoms with Crippen LogP contribution in [0.3, 0.4) is 0 Å². The second-order valence-corrected chi connectivity index (χ2v) is 10.1. The molecule has 206 valence electrons. The van der Waals surface area contributed by atoms with Gasteiger partial charge in [0.2, 0.25) is 5.91 Å². The number of carbonyl (C=O) groups is 2. The number of nitrogens with one attached hydrogen (secondary N) is 2. The minimum atomic E-state index is -0.346. The monoisotopic (exact) mass is 548 g/mol. The fourth-order valence-corrected chi connectivity index (χ4v) is 5.45. The Balaban J connectivity index is 1.37. The number of rotatable bonds is 3. The van der Waals surface area contributed by atoms with Crippen LogP contribution in [0.1, 0.15) is 59.0 Å². The molecule has 1 aliphatic carbocycles. The first-order valence-corrected chi connectivity index (χ1v) is 13.5. The van der Waals surface area contributed by atoms with Crippen molar-refractivity contribution in [3.63, 3.8) is 0 Å². The maximum absolute atomic E-state index is 12.9. The number of carbonyl (C=O) groups excluding carboxylic acids is 2. The lowest BCUT2D eigenvalue weighted by molar-refractivity contribution is -0.122. The first kappa shape index (κ1) is 26.2. The minimum absolute atomic E-state index is 0.00263. The molecule has 2 atom stereocenters. The molecular formula is C30H28N8O3. The number of amides is 2. The van der Waals surface area contributed by atoms with E-state index in [9.17, 15) is 9.59 Å². The molecule has 1 aromatic carbocycles. The molecule has 2 amide bonds. The summed E-state index contributed by atoms with van der Waals surface area (Å²) in [6.45, 7) is 0.724. The third kappa shape index (κ3) is 5.37. The van der Waals surface area contributed by atoms with Crippen LogP contribution in [0.4, 0.5) is 11.6 Å². The van der Waals surface area contributed by atoms with E-state index in [1.807, 2.05) is 30.4 Å². The number of nitrogens with zero attached hydrogens (tertiary/aromatic N) is 5. The fraction of sp³-hybridized carbons (Fsp3) is 0.267. The van der Waals surface area contributed by atoms with Crippen LogP contribution in [-0.2, 0) is 9.53 Å². The zero-order valence-corrected chi connectivity index (χ0v) is 22.2. The van der Waals surface area contributed by atoms with E-state index in [1.54, 1.807) is 24.4 Å². The van der Waals surface area contributed by atoms with E-state index >= 15 is 0 Å². The van der Waals surface area contributed by atoms with Crippen LogP contribution >= 0.6 is 0 Å². The number of ether oxygens (including phenoxy) is 1. The Hall–Kier alpha value is -5.08. The van der Waals surface area contributed by atoms with Crippen molar-refractivity contribution >= 4 is 35.0 Å². The molecule has 3 aromatic heterocycles. The van der Waals surface area contributed by atoms with Gasteiger partial charge in [-0.2, -0.15) is 5.26 Å². The van der Waals surface area contributed by atoms with Gasteiger partial charge < -0.3 is 21.1 Å². The van der Waals surface area contributed by atoms with E-state index in [2.05, 4.69) is 25.0 Å². The summed E-state index contributed by atoms with van der Waals surface area (Å²) in [6.07, 6.45) is 9.89. The number of imidazole rings is 1. The summed E-state index contributed by atoms with van der Waals surface area (Å²) < 4.78 is 7.68. The molecule has 41 heavy (non-hydrogen) atoms. The van der Waals surface area contributed by atoms with Crippen molar-refractivity contribution < 1.29 is 14.3 Å². The number of nitrogens with two attached hydrogens (primary N) is 1. The molecule has 11 heteroatoms. The van der Waals surface area contributed by atoms with Gasteiger partial charge in [0.15, 0.2) is 0 Å². The number of nitrogen functional groups attached to an aromatic ring is 1. The number of hydrogen-bond acceptors (Lipinski definition) is 8. The number of nitriles is 1. The first-order chi connectivity index (χ1) is 20.0. The Morgan fingerprint density at radius 2 is 2.05 bits per heavy atom. The molecule has 1 saturated carbocycles. The second-order valence-electron chi connectivity index (χ2n) is 10.1. The highest BCUT2D eigenvalue weighted by Crippen LogP contribution is 2.39. The fourth-order valence-electron chi connectivity index (χ4n) is 5.45. The first-order valence-electron chi connectivity index (χ1n) is 13.5. The molecule has 2 bridgehead atoms. The van der Waals surface area contributed by atoms with E-state index in [0.29, 0.717) is 53.6 Å². The Kier molecular flexibility index (Phi) is 7.14. The van der Waals surface area contributed by atoms with Crippen molar-refractivity contribution in [1.29, 1.82) is 5.26 Å². The third-order valence-electron chi connectivity index (χ3n) is 7.43. The Bertz CT molecular complexity index is 1700. The molecule has 0 spiro atoms. The highest BCUT2D eigenvalue weighted by Gasteiger charge is 2.32. The van der Waals surface area contributed by atoms with Crippen LogP contribution in [0.25, 0.3) is 22.9 Å². The lowest BCUT2D eigenvalue weighted by atomic mass is 10.1. The van der Waals surface area contributed by atoms with Crippen LogP contribution in [0.15, 0.2) is 54.9 Å². The van der Waals surface area contributed by atoms with E-state index in [-0.39, 0.29) is 23.8 Å². The summed E-state index contributed by atoms with van der Waals surface area (Å²) in [4.78, 5) is 38.9. The predicted octanol–water partition coefficient (Wildman–Crippen LogP) is 3.68. The average Bonchev–Trinajstić information content (AvgIpc) is 3.61. The maximum atomic E-state index is 12.9. The molecular weight excluding hydrogens is 520 g/mol. The summed E-state index contributed by atoms with van der Waals surface area (Å²) in [7, 11) is 0. The van der Waals surface area contributed by atoms with Crippen molar-refractivity contribution in [1.82, 2.24) is 24.7 Å². The summed E-state index contributed by atoms with van der Waals surface area (Å²) in [5.74, 6) is 1.29. The van der Waals surface area contributed by atoms with Gasteiger partial charge in [0, 0.05) is 35.7 Å². The normalized spacial score (nSPS) is 19.6. The van der Waals surface area contributed by atoms with Crippen LogP contribution < -0.4 is 16.4 Å². The van der Waals surface area contributed by atoms with Gasteiger partial charge in [0.25, 0.3) is 5.91 Å². The Morgan fingerprint density at radius 3 is 2.88 bits per heavy atom. The lowest BCUT2D eigenvalue weighted by Gasteiger charge is -2.15. The summed E-state index contributed by atoms with van der Waals surface area (Å²) in [5, 5.41) is 15.0. The molecule has 4 aromatic rings. The van der Waals surface area contributed by atoms with Gasteiger partial charge in [-0.25, -0.2) is 15.0 Å². The average molecular weight is 549 g/mol. The topological polar surface area (TPSA) is 160 Å². The van der Waals surface area contributed by atoms with Crippen LogP contribution in [-0.4, -0.2) is 50.4 Å². The summed E-state index contributed by atoms with van der Waals surface area (Å²) in [6, 6.07) is 12.3. The maximum Gasteiger partial charge on any atom is 0.256 e. The van der Waals surface area contributed by atoms with Gasteiger partial charge in [0.1, 0.15) is 28.7 Å². The minimum Gasteiger partial charge on any atom is -0.382 e. The van der Waals surface area contributed by atoms with Gasteiger partial charge >= 0.3 is 0 Å². The molecule has 11 nitrogen and oxygen atoms in total. The lowest BCUT2D eigenvalue weighted by Crippen LogP contribution is -2.33. The molecule has 1 aliphatic heterocycles. The SMILES string of the molecule is N#Cc1ccnc(NC(=O)c2ccc(-c3nc4n5c(cnc(N)c35)/C=C/COCCC(=O)N[C@@H]3CC[C@@H]4C3)cc2)c1. The van der Waals surface area contributed by atoms with Crippen molar-refractivity contribution in [2.45, 2.75) is 37.6 Å². The van der Waals surface area contributed by atoms with E-state index in [4.69, 9.17) is 20.7 Å². The third-order valence-corrected chi connectivity index (χ3v) is 7.43. The van der Waals surface area contributed by atoms with E-state index in [0.717, 1.165) is 36.3 Å². The smallest absolute Gasteiger partial charge is 0.256 e. The van der Waals surface area contributed by atoms with Gasteiger partial charge in [0.05, 0.1) is 36.7 Å². The zero-order valence-electron chi connectivity index (χ0n) is 22.2. The summed E-state index contributed by atoms with van der Waals surface area (Å²) >= 11 is 0. The molecule has 6 rings (SSSR count).